The molecule has 0 saturated carbocycles. The van der Waals surface area contributed by atoms with E-state index in [1.54, 1.807) is 4.90 Å². The van der Waals surface area contributed by atoms with Gasteiger partial charge >= 0.3 is 0 Å². The van der Waals surface area contributed by atoms with Crippen LogP contribution in [0.25, 0.3) is 0 Å². The Bertz CT molecular complexity index is 521. The zero-order valence-corrected chi connectivity index (χ0v) is 12.8. The van der Waals surface area contributed by atoms with Crippen LogP contribution in [-0.2, 0) is 9.59 Å². The maximum atomic E-state index is 12.2. The maximum absolute atomic E-state index is 12.2. The van der Waals surface area contributed by atoms with Gasteiger partial charge in [0, 0.05) is 16.7 Å². The van der Waals surface area contributed by atoms with Gasteiger partial charge in [-0.15, -0.1) is 11.6 Å². The Balaban J connectivity index is 2.13. The zero-order chi connectivity index (χ0) is 14.0. The molecule has 6 heteroatoms. The molecule has 0 aliphatic carbocycles. The largest absolute Gasteiger partial charge is 0.343 e. The number of nitrogens with one attached hydrogen (secondary N) is 1. The number of hydrogen-bond donors (Lipinski definition) is 1. The highest BCUT2D eigenvalue weighted by Gasteiger charge is 2.33. The summed E-state index contributed by atoms with van der Waals surface area (Å²) in [6.45, 7) is 2.58. The number of hydrogen-bond acceptors (Lipinski definition) is 2. The van der Waals surface area contributed by atoms with Crippen molar-refractivity contribution in [3.8, 4) is 0 Å². The molecular weight excluding hydrogens is 332 g/mol. The monoisotopic (exact) mass is 344 g/mol. The van der Waals surface area contributed by atoms with Crippen LogP contribution in [0, 0.1) is 6.92 Å². The lowest BCUT2D eigenvalue weighted by Crippen LogP contribution is -2.42. The Kier molecular flexibility index (Phi) is 4.47. The van der Waals surface area contributed by atoms with E-state index in [0.29, 0.717) is 13.0 Å². The van der Waals surface area contributed by atoms with Gasteiger partial charge in [0.2, 0.25) is 11.8 Å². The number of alkyl halides is 1. The highest BCUT2D eigenvalue weighted by atomic mass is 79.9. The average molecular weight is 346 g/mol. The third-order valence-corrected chi connectivity index (χ3v) is 4.25. The number of carbonyl (C=O) groups is 2. The van der Waals surface area contributed by atoms with Crippen LogP contribution in [0.4, 0.5) is 5.69 Å². The lowest BCUT2D eigenvalue weighted by molar-refractivity contribution is -0.125. The summed E-state index contributed by atoms with van der Waals surface area (Å²) in [6.07, 6.45) is 0.608. The van der Waals surface area contributed by atoms with Gasteiger partial charge in [-0.05, 0) is 37.1 Å². The average Bonchev–Trinajstić information content (AvgIpc) is 2.74. The molecule has 1 N–H and O–H groups in total. The molecule has 0 bridgehead atoms. The van der Waals surface area contributed by atoms with Crippen molar-refractivity contribution < 1.29 is 9.59 Å². The minimum Gasteiger partial charge on any atom is -0.343 e. The van der Waals surface area contributed by atoms with Gasteiger partial charge in [-0.1, -0.05) is 15.9 Å². The number of carbonyl (C=O) groups excluding carboxylic acids is 2. The SMILES string of the molecule is Cc1cc(N2CCC(NC(=O)CCl)C2=O)ccc1Br. The molecule has 1 unspecified atom stereocenters. The highest BCUT2D eigenvalue weighted by Crippen LogP contribution is 2.26. The normalized spacial score (nSPS) is 18.8. The summed E-state index contributed by atoms with van der Waals surface area (Å²) < 4.78 is 1.01. The third-order valence-electron chi connectivity index (χ3n) is 3.12. The minimum absolute atomic E-state index is 0.0832. The summed E-state index contributed by atoms with van der Waals surface area (Å²) >= 11 is 8.86. The summed E-state index contributed by atoms with van der Waals surface area (Å²) in [6, 6.07) is 5.30. The Morgan fingerprint density at radius 1 is 1.58 bits per heavy atom. The Morgan fingerprint density at radius 3 is 2.95 bits per heavy atom. The Hall–Kier alpha value is -1.07. The molecule has 1 saturated heterocycles. The van der Waals surface area contributed by atoms with Crippen LogP contribution < -0.4 is 10.2 Å². The maximum Gasteiger partial charge on any atom is 0.249 e. The number of amides is 2. The number of anilines is 1. The Morgan fingerprint density at radius 2 is 2.32 bits per heavy atom. The smallest absolute Gasteiger partial charge is 0.249 e. The van der Waals surface area contributed by atoms with Gasteiger partial charge in [-0.25, -0.2) is 0 Å². The molecule has 19 heavy (non-hydrogen) atoms. The molecule has 2 rings (SSSR count). The van der Waals surface area contributed by atoms with E-state index >= 15 is 0 Å². The molecule has 0 radical (unpaired) electrons. The van der Waals surface area contributed by atoms with Gasteiger partial charge in [0.1, 0.15) is 11.9 Å². The number of nitrogens with zero attached hydrogens (tertiary/aromatic N) is 1. The van der Waals surface area contributed by atoms with E-state index in [-0.39, 0.29) is 17.7 Å². The van der Waals surface area contributed by atoms with Gasteiger partial charge in [0.25, 0.3) is 0 Å². The summed E-state index contributed by atoms with van der Waals surface area (Å²) in [4.78, 5) is 25.1. The van der Waals surface area contributed by atoms with Crippen LogP contribution in [0.2, 0.25) is 0 Å². The van der Waals surface area contributed by atoms with E-state index in [1.165, 1.54) is 0 Å². The molecule has 102 valence electrons. The second kappa shape index (κ2) is 5.92. The van der Waals surface area contributed by atoms with Crippen molar-refractivity contribution in [3.63, 3.8) is 0 Å². The van der Waals surface area contributed by atoms with Crippen molar-refractivity contribution in [2.45, 2.75) is 19.4 Å². The van der Waals surface area contributed by atoms with E-state index in [0.717, 1.165) is 15.7 Å². The van der Waals surface area contributed by atoms with Crippen LogP contribution in [0.3, 0.4) is 0 Å². The molecule has 1 atom stereocenters. The van der Waals surface area contributed by atoms with Crippen molar-refractivity contribution in [2.75, 3.05) is 17.3 Å². The third kappa shape index (κ3) is 3.09. The fourth-order valence-electron chi connectivity index (χ4n) is 2.10. The standard InChI is InChI=1S/C13H14BrClN2O2/c1-8-6-9(2-3-10(8)14)17-5-4-11(13(17)19)16-12(18)7-15/h2-3,6,11H,4-5,7H2,1H3,(H,16,18). The zero-order valence-electron chi connectivity index (χ0n) is 10.5. The first-order chi connectivity index (χ1) is 9.02. The first-order valence-corrected chi connectivity index (χ1v) is 7.28. The summed E-state index contributed by atoms with van der Waals surface area (Å²) in [5.74, 6) is -0.518. The van der Waals surface area contributed by atoms with Gasteiger partial charge < -0.3 is 10.2 Å². The predicted molar refractivity (Wildman–Crippen MR) is 78.5 cm³/mol. The fraction of sp³-hybridized carbons (Fsp3) is 0.385. The van der Waals surface area contributed by atoms with E-state index in [1.807, 2.05) is 25.1 Å². The fourth-order valence-corrected chi connectivity index (χ4v) is 2.42. The number of halogens is 2. The highest BCUT2D eigenvalue weighted by molar-refractivity contribution is 9.10. The lowest BCUT2D eigenvalue weighted by atomic mass is 10.2. The number of benzene rings is 1. The molecule has 1 aromatic rings. The predicted octanol–water partition coefficient (Wildman–Crippen LogP) is 2.22. The molecule has 1 aromatic carbocycles. The molecular formula is C13H14BrClN2O2. The molecule has 2 amide bonds. The van der Waals surface area contributed by atoms with Gasteiger partial charge in [-0.3, -0.25) is 9.59 Å². The molecule has 4 nitrogen and oxygen atoms in total. The topological polar surface area (TPSA) is 49.4 Å². The molecule has 1 fully saturated rings. The summed E-state index contributed by atoms with van der Waals surface area (Å²) in [7, 11) is 0. The van der Waals surface area contributed by atoms with E-state index in [2.05, 4.69) is 21.2 Å². The van der Waals surface area contributed by atoms with Crippen molar-refractivity contribution in [2.24, 2.45) is 0 Å². The lowest BCUT2D eigenvalue weighted by Gasteiger charge is -2.18. The molecule has 1 aliphatic heterocycles. The van der Waals surface area contributed by atoms with Crippen LogP contribution in [0.5, 0.6) is 0 Å². The van der Waals surface area contributed by atoms with Crippen LogP contribution in [0.15, 0.2) is 22.7 Å². The number of aryl methyl sites for hydroxylation is 1. The van der Waals surface area contributed by atoms with Crippen molar-refractivity contribution in [1.29, 1.82) is 0 Å². The van der Waals surface area contributed by atoms with Crippen molar-refractivity contribution >= 4 is 45.0 Å². The van der Waals surface area contributed by atoms with E-state index < -0.39 is 6.04 Å². The van der Waals surface area contributed by atoms with Crippen LogP contribution in [0.1, 0.15) is 12.0 Å². The number of rotatable bonds is 3. The second-order valence-corrected chi connectivity index (χ2v) is 5.59. The molecule has 1 aliphatic rings. The minimum atomic E-state index is -0.463. The molecule has 1 heterocycles. The second-order valence-electron chi connectivity index (χ2n) is 4.47. The first-order valence-electron chi connectivity index (χ1n) is 5.96. The van der Waals surface area contributed by atoms with E-state index in [9.17, 15) is 9.59 Å². The Labute approximate surface area is 125 Å². The molecule has 0 aromatic heterocycles. The van der Waals surface area contributed by atoms with E-state index in [4.69, 9.17) is 11.6 Å². The quantitative estimate of drug-likeness (QED) is 0.854. The van der Waals surface area contributed by atoms with Gasteiger partial charge in [-0.2, -0.15) is 0 Å². The summed E-state index contributed by atoms with van der Waals surface area (Å²) in [5, 5.41) is 2.63. The first kappa shape index (κ1) is 14.3. The molecule has 0 spiro atoms. The van der Waals surface area contributed by atoms with Crippen LogP contribution in [-0.4, -0.2) is 30.3 Å². The van der Waals surface area contributed by atoms with Crippen molar-refractivity contribution in [1.82, 2.24) is 5.32 Å². The summed E-state index contributed by atoms with van der Waals surface area (Å²) in [5.41, 5.74) is 1.92. The van der Waals surface area contributed by atoms with Crippen LogP contribution >= 0.6 is 27.5 Å². The van der Waals surface area contributed by atoms with Gasteiger partial charge in [0.15, 0.2) is 0 Å². The van der Waals surface area contributed by atoms with Crippen molar-refractivity contribution in [3.05, 3.63) is 28.2 Å². The van der Waals surface area contributed by atoms with Gasteiger partial charge in [0.05, 0.1) is 0 Å².